The molecule has 0 aromatic carbocycles. The van der Waals surface area contributed by atoms with Crippen LogP contribution in [0.25, 0.3) is 0 Å². The number of nitrogens with zero attached hydrogens (tertiary/aromatic N) is 4. The highest BCUT2D eigenvalue weighted by Crippen LogP contribution is 2.16. The topological polar surface area (TPSA) is 58.4 Å². The van der Waals surface area contributed by atoms with Crippen LogP contribution in [0.2, 0.25) is 0 Å². The van der Waals surface area contributed by atoms with E-state index in [9.17, 15) is 9.59 Å². The van der Waals surface area contributed by atoms with E-state index >= 15 is 0 Å². The van der Waals surface area contributed by atoms with Gasteiger partial charge in [0.05, 0.1) is 11.9 Å². The Morgan fingerprint density at radius 1 is 1.19 bits per heavy atom. The van der Waals surface area contributed by atoms with Crippen molar-refractivity contribution in [2.24, 2.45) is 0 Å². The second kappa shape index (κ2) is 6.51. The summed E-state index contributed by atoms with van der Waals surface area (Å²) in [7, 11) is 0. The molecule has 114 valence electrons. The molecule has 6 nitrogen and oxygen atoms in total. The highest BCUT2D eigenvalue weighted by atomic mass is 32.2. The average molecular weight is 308 g/mol. The van der Waals surface area contributed by atoms with Gasteiger partial charge in [0.1, 0.15) is 6.54 Å². The Morgan fingerprint density at radius 3 is 2.57 bits per heavy atom. The van der Waals surface area contributed by atoms with Crippen LogP contribution in [0.5, 0.6) is 0 Å². The standard InChI is InChI=1S/C14H20N4O2S/c19-13-9-12(16-3-1-2-4-16)10-15-18(13)11-14(20)17-5-7-21-8-6-17/h9-10H,1-8,11H2. The third-order valence-electron chi connectivity index (χ3n) is 3.98. The summed E-state index contributed by atoms with van der Waals surface area (Å²) in [6.07, 6.45) is 4.02. The number of carbonyl (C=O) groups is 1. The molecular formula is C14H20N4O2S. The third-order valence-corrected chi connectivity index (χ3v) is 4.92. The van der Waals surface area contributed by atoms with E-state index in [1.165, 1.54) is 4.68 Å². The molecule has 0 radical (unpaired) electrons. The van der Waals surface area contributed by atoms with Crippen LogP contribution in [0.1, 0.15) is 12.8 Å². The van der Waals surface area contributed by atoms with E-state index in [0.717, 1.165) is 56.2 Å². The van der Waals surface area contributed by atoms with Crippen molar-refractivity contribution >= 4 is 23.4 Å². The maximum Gasteiger partial charge on any atom is 0.269 e. The molecule has 0 bridgehead atoms. The van der Waals surface area contributed by atoms with Crippen molar-refractivity contribution in [3.05, 3.63) is 22.6 Å². The Morgan fingerprint density at radius 2 is 1.90 bits per heavy atom. The molecule has 2 fully saturated rings. The molecule has 0 aliphatic carbocycles. The van der Waals surface area contributed by atoms with E-state index < -0.39 is 0 Å². The molecule has 7 heteroatoms. The molecule has 1 aromatic rings. The van der Waals surface area contributed by atoms with Gasteiger partial charge in [0.15, 0.2) is 0 Å². The fourth-order valence-electron chi connectivity index (χ4n) is 2.73. The second-order valence-corrected chi connectivity index (χ2v) is 6.62. The van der Waals surface area contributed by atoms with E-state index in [0.29, 0.717) is 0 Å². The van der Waals surface area contributed by atoms with E-state index in [-0.39, 0.29) is 18.0 Å². The normalized spacial score (nSPS) is 19.0. The van der Waals surface area contributed by atoms with Crippen LogP contribution >= 0.6 is 11.8 Å². The van der Waals surface area contributed by atoms with Gasteiger partial charge < -0.3 is 9.80 Å². The molecule has 0 spiro atoms. The largest absolute Gasteiger partial charge is 0.370 e. The second-order valence-electron chi connectivity index (χ2n) is 5.40. The van der Waals surface area contributed by atoms with Crippen LogP contribution in [0.15, 0.2) is 17.1 Å². The molecule has 2 saturated heterocycles. The van der Waals surface area contributed by atoms with Crippen LogP contribution in [-0.2, 0) is 11.3 Å². The van der Waals surface area contributed by atoms with Crippen molar-refractivity contribution in [1.29, 1.82) is 0 Å². The Bertz CT molecular complexity index is 562. The van der Waals surface area contributed by atoms with Gasteiger partial charge in [0.2, 0.25) is 5.91 Å². The molecular weight excluding hydrogens is 288 g/mol. The van der Waals surface area contributed by atoms with Crippen LogP contribution in [0, 0.1) is 0 Å². The molecule has 2 aliphatic heterocycles. The number of carbonyl (C=O) groups excluding carboxylic acids is 1. The number of rotatable bonds is 3. The zero-order valence-electron chi connectivity index (χ0n) is 12.0. The molecule has 0 N–H and O–H groups in total. The van der Waals surface area contributed by atoms with Crippen molar-refractivity contribution < 1.29 is 4.79 Å². The first-order valence-corrected chi connectivity index (χ1v) is 8.57. The molecule has 0 unspecified atom stereocenters. The van der Waals surface area contributed by atoms with Crippen molar-refractivity contribution in [3.63, 3.8) is 0 Å². The maximum atomic E-state index is 12.2. The molecule has 1 amide bonds. The van der Waals surface area contributed by atoms with Gasteiger partial charge in [-0.2, -0.15) is 16.9 Å². The first kappa shape index (κ1) is 14.4. The summed E-state index contributed by atoms with van der Waals surface area (Å²) < 4.78 is 1.27. The number of aromatic nitrogens is 2. The van der Waals surface area contributed by atoms with Crippen molar-refractivity contribution in [3.8, 4) is 0 Å². The highest BCUT2D eigenvalue weighted by molar-refractivity contribution is 7.99. The quantitative estimate of drug-likeness (QED) is 0.810. The Balaban J connectivity index is 1.67. The van der Waals surface area contributed by atoms with Crippen LogP contribution in [-0.4, -0.2) is 58.3 Å². The Hall–Kier alpha value is -1.50. The molecule has 0 saturated carbocycles. The molecule has 0 atom stereocenters. The lowest BCUT2D eigenvalue weighted by Crippen LogP contribution is -2.41. The Labute approximate surface area is 128 Å². The van der Waals surface area contributed by atoms with Crippen LogP contribution < -0.4 is 10.5 Å². The zero-order chi connectivity index (χ0) is 14.7. The van der Waals surface area contributed by atoms with Gasteiger partial charge in [-0.1, -0.05) is 0 Å². The maximum absolute atomic E-state index is 12.2. The van der Waals surface area contributed by atoms with Gasteiger partial charge in [-0.3, -0.25) is 9.59 Å². The lowest BCUT2D eigenvalue weighted by molar-refractivity contribution is -0.131. The minimum absolute atomic E-state index is 0.0150. The summed E-state index contributed by atoms with van der Waals surface area (Å²) in [5, 5.41) is 4.17. The first-order valence-electron chi connectivity index (χ1n) is 7.42. The predicted molar refractivity (Wildman–Crippen MR) is 83.8 cm³/mol. The molecule has 1 aromatic heterocycles. The number of thioether (sulfide) groups is 1. The number of anilines is 1. The smallest absolute Gasteiger partial charge is 0.269 e. The van der Waals surface area contributed by atoms with E-state index in [1.54, 1.807) is 12.3 Å². The highest BCUT2D eigenvalue weighted by Gasteiger charge is 2.19. The van der Waals surface area contributed by atoms with Crippen LogP contribution in [0.4, 0.5) is 5.69 Å². The molecule has 3 rings (SSSR count). The van der Waals surface area contributed by atoms with Gasteiger partial charge in [-0.15, -0.1) is 0 Å². The van der Waals surface area contributed by atoms with E-state index in [2.05, 4.69) is 10.00 Å². The average Bonchev–Trinajstić information content (AvgIpc) is 3.04. The fraction of sp³-hybridized carbons (Fsp3) is 0.643. The summed E-state index contributed by atoms with van der Waals surface area (Å²) >= 11 is 1.86. The monoisotopic (exact) mass is 308 g/mol. The summed E-state index contributed by atoms with van der Waals surface area (Å²) in [4.78, 5) is 28.3. The lowest BCUT2D eigenvalue weighted by atomic mass is 10.4. The van der Waals surface area contributed by atoms with Crippen molar-refractivity contribution in [2.75, 3.05) is 42.6 Å². The van der Waals surface area contributed by atoms with Gasteiger partial charge in [0, 0.05) is 43.8 Å². The minimum atomic E-state index is -0.195. The van der Waals surface area contributed by atoms with Gasteiger partial charge in [-0.25, -0.2) is 4.68 Å². The number of hydrogen-bond acceptors (Lipinski definition) is 5. The number of amides is 1. The SMILES string of the molecule is O=C(Cn1ncc(N2CCCC2)cc1=O)N1CCSCC1. The number of hydrogen-bond donors (Lipinski definition) is 0. The zero-order valence-corrected chi connectivity index (χ0v) is 12.8. The molecule has 3 heterocycles. The molecule has 2 aliphatic rings. The van der Waals surface area contributed by atoms with Crippen molar-refractivity contribution in [2.45, 2.75) is 19.4 Å². The minimum Gasteiger partial charge on any atom is -0.370 e. The predicted octanol–water partition coefficient (Wildman–Crippen LogP) is 0.419. The third kappa shape index (κ3) is 3.40. The van der Waals surface area contributed by atoms with Crippen molar-refractivity contribution in [1.82, 2.24) is 14.7 Å². The summed E-state index contributed by atoms with van der Waals surface area (Å²) in [6, 6.07) is 1.59. The Kier molecular flexibility index (Phi) is 4.48. The van der Waals surface area contributed by atoms with Gasteiger partial charge in [-0.05, 0) is 12.8 Å². The fourth-order valence-corrected chi connectivity index (χ4v) is 3.64. The van der Waals surface area contributed by atoms with E-state index in [1.807, 2.05) is 16.7 Å². The lowest BCUT2D eigenvalue weighted by Gasteiger charge is -2.26. The summed E-state index contributed by atoms with van der Waals surface area (Å²) in [5.74, 6) is 1.93. The molecule has 21 heavy (non-hydrogen) atoms. The van der Waals surface area contributed by atoms with Crippen LogP contribution in [0.3, 0.4) is 0 Å². The summed E-state index contributed by atoms with van der Waals surface area (Å²) in [6.45, 7) is 3.54. The van der Waals surface area contributed by atoms with Gasteiger partial charge >= 0.3 is 0 Å². The van der Waals surface area contributed by atoms with E-state index in [4.69, 9.17) is 0 Å². The summed E-state index contributed by atoms with van der Waals surface area (Å²) in [5.41, 5.74) is 0.676. The first-order chi connectivity index (χ1) is 10.2. The van der Waals surface area contributed by atoms with Gasteiger partial charge in [0.25, 0.3) is 5.56 Å².